The summed E-state index contributed by atoms with van der Waals surface area (Å²) in [6.07, 6.45) is 0. The van der Waals surface area contributed by atoms with Crippen molar-refractivity contribution < 1.29 is 4.74 Å². The maximum absolute atomic E-state index is 8.18. The summed E-state index contributed by atoms with van der Waals surface area (Å²) in [6, 6.07) is 22.1. The molecule has 2 nitrogen and oxygen atoms in total. The van der Waals surface area contributed by atoms with Crippen LogP contribution in [0.2, 0.25) is 0 Å². The van der Waals surface area contributed by atoms with E-state index >= 15 is 0 Å². The molecular formula is C21H21NOS. The molecule has 3 aromatic rings. The van der Waals surface area contributed by atoms with Crippen LogP contribution in [0.1, 0.15) is 16.7 Å². The predicted molar refractivity (Wildman–Crippen MR) is 100 cm³/mol. The Morgan fingerprint density at radius 3 is 1.46 bits per heavy atom. The smallest absolute Gasteiger partial charge is 0.142 e. The highest BCUT2D eigenvalue weighted by Gasteiger charge is 2.19. The van der Waals surface area contributed by atoms with Crippen molar-refractivity contribution in [3.8, 4) is 11.5 Å². The summed E-state index contributed by atoms with van der Waals surface area (Å²) < 4.78 is 13.9. The molecule has 0 radical (unpaired) electrons. The Bertz CT molecular complexity index is 804. The van der Waals surface area contributed by atoms with Crippen LogP contribution in [0, 0.1) is 25.6 Å². The Hall–Kier alpha value is -2.39. The lowest BCUT2D eigenvalue weighted by atomic mass is 10.1. The van der Waals surface area contributed by atoms with Gasteiger partial charge in [-0.15, -0.1) is 0 Å². The SMILES string of the molecule is Cc1cc(C)cc(C)c1.N=S1c2ccccc2Oc2ccccc21. The number of ether oxygens (including phenoxy) is 1. The molecule has 4 rings (SSSR count). The summed E-state index contributed by atoms with van der Waals surface area (Å²) in [5.74, 6) is 1.63. The second kappa shape index (κ2) is 7.02. The number of fused-ring (bicyclic) bond motifs is 2. The maximum atomic E-state index is 8.18. The first-order valence-electron chi connectivity index (χ1n) is 7.91. The van der Waals surface area contributed by atoms with Crippen LogP contribution in [-0.2, 0) is 10.7 Å². The summed E-state index contributed by atoms with van der Waals surface area (Å²) >= 11 is 0. The molecule has 0 saturated carbocycles. The van der Waals surface area contributed by atoms with E-state index in [0.29, 0.717) is 0 Å². The molecule has 1 heterocycles. The number of benzene rings is 3. The first-order valence-corrected chi connectivity index (χ1v) is 9.13. The van der Waals surface area contributed by atoms with E-state index in [0.717, 1.165) is 21.3 Å². The van der Waals surface area contributed by atoms with Crippen LogP contribution in [0.5, 0.6) is 11.5 Å². The van der Waals surface area contributed by atoms with Gasteiger partial charge in [-0.2, -0.15) is 0 Å². The van der Waals surface area contributed by atoms with E-state index in [1.807, 2.05) is 48.5 Å². The fraction of sp³-hybridized carbons (Fsp3) is 0.143. The van der Waals surface area contributed by atoms with Gasteiger partial charge in [0.15, 0.2) is 0 Å². The van der Waals surface area contributed by atoms with Crippen LogP contribution in [0.3, 0.4) is 0 Å². The standard InChI is InChI=1S/C12H9NOS.C9H12/c13-15-11-7-3-1-5-9(11)14-10-6-2-4-8-12(10)15;1-7-4-8(2)6-9(3)5-7/h1-8,13H;4-6H,1-3H3. The molecule has 3 heteroatoms. The van der Waals surface area contributed by atoms with Gasteiger partial charge in [-0.1, -0.05) is 59.2 Å². The summed E-state index contributed by atoms with van der Waals surface area (Å²) in [7, 11) is -0.615. The fourth-order valence-corrected chi connectivity index (χ4v) is 4.13. The summed E-state index contributed by atoms with van der Waals surface area (Å²) in [5.41, 5.74) is 4.06. The number of hydrogen-bond acceptors (Lipinski definition) is 2. The molecule has 24 heavy (non-hydrogen) atoms. The van der Waals surface area contributed by atoms with Gasteiger partial charge in [0.05, 0.1) is 9.79 Å². The van der Waals surface area contributed by atoms with Crippen molar-refractivity contribution in [3.05, 3.63) is 83.4 Å². The highest BCUT2D eigenvalue weighted by atomic mass is 32.2. The minimum absolute atomic E-state index is 0.615. The van der Waals surface area contributed by atoms with Crippen molar-refractivity contribution in [2.24, 2.45) is 0 Å². The molecule has 1 aliphatic heterocycles. The van der Waals surface area contributed by atoms with Gasteiger partial charge in [0.1, 0.15) is 11.5 Å². The van der Waals surface area contributed by atoms with E-state index in [4.69, 9.17) is 9.52 Å². The highest BCUT2D eigenvalue weighted by molar-refractivity contribution is 7.86. The average Bonchev–Trinajstić information content (AvgIpc) is 2.54. The molecule has 0 aromatic heterocycles. The van der Waals surface area contributed by atoms with Crippen molar-refractivity contribution >= 4 is 10.7 Å². The quantitative estimate of drug-likeness (QED) is 0.407. The Morgan fingerprint density at radius 2 is 1.04 bits per heavy atom. The van der Waals surface area contributed by atoms with Gasteiger partial charge in [0, 0.05) is 0 Å². The molecule has 0 unspecified atom stereocenters. The van der Waals surface area contributed by atoms with E-state index in [1.165, 1.54) is 16.7 Å². The zero-order valence-corrected chi connectivity index (χ0v) is 15.0. The van der Waals surface area contributed by atoms with Gasteiger partial charge in [0.2, 0.25) is 0 Å². The Labute approximate surface area is 146 Å². The molecule has 3 aromatic carbocycles. The van der Waals surface area contributed by atoms with Crippen LogP contribution in [0.4, 0.5) is 0 Å². The number of rotatable bonds is 0. The van der Waals surface area contributed by atoms with Crippen molar-refractivity contribution in [2.75, 3.05) is 0 Å². The fourth-order valence-electron chi connectivity index (χ4n) is 2.85. The zero-order chi connectivity index (χ0) is 17.1. The lowest BCUT2D eigenvalue weighted by Gasteiger charge is -2.20. The second-order valence-corrected chi connectivity index (χ2v) is 7.46. The molecule has 1 aliphatic rings. The van der Waals surface area contributed by atoms with Crippen LogP contribution < -0.4 is 4.74 Å². The van der Waals surface area contributed by atoms with E-state index in [2.05, 4.69) is 39.0 Å². The number of para-hydroxylation sites is 2. The largest absolute Gasteiger partial charge is 0.455 e. The van der Waals surface area contributed by atoms with Gasteiger partial charge in [0.25, 0.3) is 0 Å². The van der Waals surface area contributed by atoms with E-state index in [9.17, 15) is 0 Å². The highest BCUT2D eigenvalue weighted by Crippen LogP contribution is 2.39. The van der Waals surface area contributed by atoms with Gasteiger partial charge in [-0.25, -0.2) is 0 Å². The second-order valence-electron chi connectivity index (χ2n) is 5.97. The molecule has 0 spiro atoms. The van der Waals surface area contributed by atoms with Crippen molar-refractivity contribution in [1.29, 1.82) is 4.78 Å². The lowest BCUT2D eigenvalue weighted by molar-refractivity contribution is 0.453. The Balaban J connectivity index is 0.000000162. The van der Waals surface area contributed by atoms with E-state index < -0.39 is 10.7 Å². The first kappa shape index (κ1) is 16.5. The minimum Gasteiger partial charge on any atom is -0.455 e. The predicted octanol–water partition coefficient (Wildman–Crippen LogP) is 6.20. The average molecular weight is 335 g/mol. The lowest BCUT2D eigenvalue weighted by Crippen LogP contribution is -2.03. The summed E-state index contributed by atoms with van der Waals surface area (Å²) in [4.78, 5) is 1.94. The van der Waals surface area contributed by atoms with Crippen LogP contribution in [0.15, 0.2) is 76.5 Å². The number of hydrogen-bond donors (Lipinski definition) is 1. The van der Waals surface area contributed by atoms with Crippen LogP contribution >= 0.6 is 0 Å². The molecule has 0 aliphatic carbocycles. The van der Waals surface area contributed by atoms with Crippen LogP contribution in [-0.4, -0.2) is 0 Å². The van der Waals surface area contributed by atoms with Gasteiger partial charge in [-0.05, 0) is 55.7 Å². The maximum Gasteiger partial charge on any atom is 0.142 e. The summed E-state index contributed by atoms with van der Waals surface area (Å²) in [5, 5.41) is 0. The normalized spacial score (nSPS) is 12.3. The van der Waals surface area contributed by atoms with Crippen LogP contribution in [0.25, 0.3) is 0 Å². The van der Waals surface area contributed by atoms with Gasteiger partial charge in [-0.3, -0.25) is 4.78 Å². The first-order chi connectivity index (χ1) is 11.5. The Morgan fingerprint density at radius 1 is 0.667 bits per heavy atom. The van der Waals surface area contributed by atoms with E-state index in [1.54, 1.807) is 0 Å². The molecule has 0 saturated heterocycles. The van der Waals surface area contributed by atoms with Gasteiger partial charge < -0.3 is 4.74 Å². The van der Waals surface area contributed by atoms with Crippen molar-refractivity contribution in [3.63, 3.8) is 0 Å². The number of nitrogens with one attached hydrogen (secondary N) is 1. The van der Waals surface area contributed by atoms with Crippen molar-refractivity contribution in [2.45, 2.75) is 30.6 Å². The summed E-state index contributed by atoms with van der Waals surface area (Å²) in [6.45, 7) is 6.38. The third-order valence-corrected chi connectivity index (χ3v) is 5.28. The topological polar surface area (TPSA) is 33.1 Å². The number of aryl methyl sites for hydroxylation is 3. The third kappa shape index (κ3) is 3.57. The molecule has 122 valence electrons. The molecule has 0 bridgehead atoms. The molecule has 1 N–H and O–H groups in total. The van der Waals surface area contributed by atoms with E-state index in [-0.39, 0.29) is 0 Å². The molecule has 0 fully saturated rings. The van der Waals surface area contributed by atoms with Crippen molar-refractivity contribution in [1.82, 2.24) is 0 Å². The molecule has 0 amide bonds. The molecular weight excluding hydrogens is 314 g/mol. The minimum atomic E-state index is -0.615. The third-order valence-electron chi connectivity index (χ3n) is 3.72. The van der Waals surface area contributed by atoms with Gasteiger partial charge >= 0.3 is 0 Å². The zero-order valence-electron chi connectivity index (χ0n) is 14.2. The molecule has 0 atom stereocenters. The monoisotopic (exact) mass is 335 g/mol. The Kier molecular flexibility index (Phi) is 4.81.